The molecule has 0 saturated heterocycles. The highest BCUT2D eigenvalue weighted by Crippen LogP contribution is 2.31. The first-order chi connectivity index (χ1) is 10.2. The third kappa shape index (κ3) is 2.95. The number of rotatable bonds is 3. The predicted octanol–water partition coefficient (Wildman–Crippen LogP) is 4.96. The van der Waals surface area contributed by atoms with Crippen molar-refractivity contribution in [2.75, 3.05) is 7.05 Å². The molecule has 0 fully saturated rings. The SMILES string of the molecule is CNC(c1cnc2ccccc2c1)c1cc(Br)ccc1Cl. The first kappa shape index (κ1) is 14.5. The van der Waals surface area contributed by atoms with Gasteiger partial charge in [-0.3, -0.25) is 4.98 Å². The van der Waals surface area contributed by atoms with Gasteiger partial charge in [-0.05, 0) is 48.5 Å². The monoisotopic (exact) mass is 360 g/mol. The Morgan fingerprint density at radius 2 is 1.95 bits per heavy atom. The van der Waals surface area contributed by atoms with Gasteiger partial charge in [-0.1, -0.05) is 45.7 Å². The Morgan fingerprint density at radius 3 is 2.76 bits per heavy atom. The molecule has 3 aromatic rings. The third-order valence-corrected chi connectivity index (χ3v) is 4.34. The number of para-hydroxylation sites is 1. The van der Waals surface area contributed by atoms with Crippen LogP contribution in [0.1, 0.15) is 17.2 Å². The van der Waals surface area contributed by atoms with Crippen molar-refractivity contribution in [3.05, 3.63) is 75.4 Å². The topological polar surface area (TPSA) is 24.9 Å². The van der Waals surface area contributed by atoms with Crippen molar-refractivity contribution in [2.24, 2.45) is 0 Å². The van der Waals surface area contributed by atoms with Crippen molar-refractivity contribution in [2.45, 2.75) is 6.04 Å². The first-order valence-electron chi connectivity index (χ1n) is 6.66. The second-order valence-corrected chi connectivity index (χ2v) is 6.17. The van der Waals surface area contributed by atoms with E-state index in [1.54, 1.807) is 0 Å². The fourth-order valence-electron chi connectivity index (χ4n) is 2.48. The van der Waals surface area contributed by atoms with Gasteiger partial charge in [0, 0.05) is 21.1 Å². The third-order valence-electron chi connectivity index (χ3n) is 3.50. The number of halogens is 2. The summed E-state index contributed by atoms with van der Waals surface area (Å²) in [5.41, 5.74) is 3.12. The highest BCUT2D eigenvalue weighted by Gasteiger charge is 2.16. The molecule has 0 spiro atoms. The molecule has 1 unspecified atom stereocenters. The lowest BCUT2D eigenvalue weighted by molar-refractivity contribution is 0.690. The van der Waals surface area contributed by atoms with Gasteiger partial charge in [-0.2, -0.15) is 0 Å². The van der Waals surface area contributed by atoms with Gasteiger partial charge in [-0.25, -0.2) is 0 Å². The molecule has 0 saturated carbocycles. The number of nitrogens with one attached hydrogen (secondary N) is 1. The lowest BCUT2D eigenvalue weighted by Gasteiger charge is -2.19. The van der Waals surface area contributed by atoms with E-state index in [2.05, 4.69) is 38.4 Å². The molecule has 4 heteroatoms. The van der Waals surface area contributed by atoms with Crippen LogP contribution in [0.25, 0.3) is 10.9 Å². The second-order valence-electron chi connectivity index (χ2n) is 4.85. The highest BCUT2D eigenvalue weighted by atomic mass is 79.9. The van der Waals surface area contributed by atoms with E-state index in [1.165, 1.54) is 0 Å². The van der Waals surface area contributed by atoms with Crippen LogP contribution in [0.15, 0.2) is 59.2 Å². The van der Waals surface area contributed by atoms with Crippen LogP contribution in [0.4, 0.5) is 0 Å². The molecule has 0 aliphatic rings. The fourth-order valence-corrected chi connectivity index (χ4v) is 3.09. The Morgan fingerprint density at radius 1 is 1.14 bits per heavy atom. The van der Waals surface area contributed by atoms with Gasteiger partial charge in [0.05, 0.1) is 11.6 Å². The van der Waals surface area contributed by atoms with Crippen molar-refractivity contribution < 1.29 is 0 Å². The Bertz CT molecular complexity index is 789. The van der Waals surface area contributed by atoms with E-state index in [4.69, 9.17) is 11.6 Å². The zero-order chi connectivity index (χ0) is 14.8. The predicted molar refractivity (Wildman–Crippen MR) is 91.8 cm³/mol. The average Bonchev–Trinajstić information content (AvgIpc) is 2.51. The molecular weight excluding hydrogens is 348 g/mol. The summed E-state index contributed by atoms with van der Waals surface area (Å²) in [6.07, 6.45) is 1.90. The molecule has 2 nitrogen and oxygen atoms in total. The molecule has 21 heavy (non-hydrogen) atoms. The van der Waals surface area contributed by atoms with Crippen LogP contribution in [0.3, 0.4) is 0 Å². The minimum Gasteiger partial charge on any atom is -0.309 e. The number of hydrogen-bond donors (Lipinski definition) is 1. The maximum absolute atomic E-state index is 6.36. The van der Waals surface area contributed by atoms with Crippen LogP contribution in [0.5, 0.6) is 0 Å². The minimum absolute atomic E-state index is 0.00658. The van der Waals surface area contributed by atoms with Crippen molar-refractivity contribution in [1.29, 1.82) is 0 Å². The summed E-state index contributed by atoms with van der Waals surface area (Å²) < 4.78 is 1.01. The normalized spacial score (nSPS) is 12.5. The van der Waals surface area contributed by atoms with E-state index in [0.717, 1.165) is 31.5 Å². The van der Waals surface area contributed by atoms with E-state index >= 15 is 0 Å². The lowest BCUT2D eigenvalue weighted by atomic mass is 9.99. The van der Waals surface area contributed by atoms with Crippen LogP contribution >= 0.6 is 27.5 Å². The molecule has 1 aromatic heterocycles. The summed E-state index contributed by atoms with van der Waals surface area (Å²) in [4.78, 5) is 4.53. The van der Waals surface area contributed by atoms with Gasteiger partial charge < -0.3 is 5.32 Å². The largest absolute Gasteiger partial charge is 0.309 e. The molecular formula is C17H14BrClN2. The number of nitrogens with zero attached hydrogens (tertiary/aromatic N) is 1. The molecule has 0 aliphatic carbocycles. The lowest BCUT2D eigenvalue weighted by Crippen LogP contribution is -2.18. The second kappa shape index (κ2) is 6.14. The molecule has 2 aromatic carbocycles. The van der Waals surface area contributed by atoms with E-state index in [1.807, 2.05) is 49.6 Å². The summed E-state index contributed by atoms with van der Waals surface area (Å²) in [6, 6.07) is 16.1. The summed E-state index contributed by atoms with van der Waals surface area (Å²) >= 11 is 9.86. The van der Waals surface area contributed by atoms with E-state index in [0.29, 0.717) is 0 Å². The number of aromatic nitrogens is 1. The van der Waals surface area contributed by atoms with Gasteiger partial charge in [0.25, 0.3) is 0 Å². The van der Waals surface area contributed by atoms with Gasteiger partial charge in [0.2, 0.25) is 0 Å². The number of hydrogen-bond acceptors (Lipinski definition) is 2. The molecule has 0 bridgehead atoms. The van der Waals surface area contributed by atoms with Gasteiger partial charge >= 0.3 is 0 Å². The summed E-state index contributed by atoms with van der Waals surface area (Å²) in [7, 11) is 1.93. The molecule has 1 heterocycles. The van der Waals surface area contributed by atoms with Crippen LogP contribution < -0.4 is 5.32 Å². The standard InChI is InChI=1S/C17H14BrClN2/c1-20-17(14-9-13(18)6-7-15(14)19)12-8-11-4-2-3-5-16(11)21-10-12/h2-10,17,20H,1H3. The van der Waals surface area contributed by atoms with Gasteiger partial charge in [0.15, 0.2) is 0 Å². The Kier molecular flexibility index (Phi) is 4.24. The maximum Gasteiger partial charge on any atom is 0.0702 e. The Balaban J connectivity index is 2.11. The molecule has 1 N–H and O–H groups in total. The van der Waals surface area contributed by atoms with Gasteiger partial charge in [0.1, 0.15) is 0 Å². The molecule has 1 atom stereocenters. The smallest absolute Gasteiger partial charge is 0.0702 e. The zero-order valence-corrected chi connectivity index (χ0v) is 13.8. The maximum atomic E-state index is 6.36. The number of pyridine rings is 1. The first-order valence-corrected chi connectivity index (χ1v) is 7.83. The molecule has 3 rings (SSSR count). The van der Waals surface area contributed by atoms with Crippen molar-refractivity contribution in [1.82, 2.24) is 10.3 Å². The van der Waals surface area contributed by atoms with Crippen LogP contribution in [0, 0.1) is 0 Å². The minimum atomic E-state index is 0.00658. The van der Waals surface area contributed by atoms with Crippen LogP contribution in [0.2, 0.25) is 5.02 Å². The van der Waals surface area contributed by atoms with Crippen LogP contribution in [-0.4, -0.2) is 12.0 Å². The van der Waals surface area contributed by atoms with E-state index in [-0.39, 0.29) is 6.04 Å². The summed E-state index contributed by atoms with van der Waals surface area (Å²) in [5, 5.41) is 5.19. The van der Waals surface area contributed by atoms with Crippen LogP contribution in [-0.2, 0) is 0 Å². The zero-order valence-electron chi connectivity index (χ0n) is 11.5. The molecule has 106 valence electrons. The van der Waals surface area contributed by atoms with Gasteiger partial charge in [-0.15, -0.1) is 0 Å². The van der Waals surface area contributed by atoms with Crippen molar-refractivity contribution >= 4 is 38.4 Å². The average molecular weight is 362 g/mol. The van der Waals surface area contributed by atoms with Crippen molar-refractivity contribution in [3.8, 4) is 0 Å². The fraction of sp³-hybridized carbons (Fsp3) is 0.118. The number of fused-ring (bicyclic) bond motifs is 1. The van der Waals surface area contributed by atoms with E-state index < -0.39 is 0 Å². The molecule has 0 radical (unpaired) electrons. The highest BCUT2D eigenvalue weighted by molar-refractivity contribution is 9.10. The molecule has 0 amide bonds. The summed E-state index contributed by atoms with van der Waals surface area (Å²) in [6.45, 7) is 0. The van der Waals surface area contributed by atoms with E-state index in [9.17, 15) is 0 Å². The number of benzene rings is 2. The Labute approximate surface area is 137 Å². The molecule has 0 aliphatic heterocycles. The quantitative estimate of drug-likeness (QED) is 0.713. The van der Waals surface area contributed by atoms with Crippen molar-refractivity contribution in [3.63, 3.8) is 0 Å². The Hall–Kier alpha value is -1.42. The summed E-state index contributed by atoms with van der Waals surface area (Å²) in [5.74, 6) is 0.